The Morgan fingerprint density at radius 1 is 1.32 bits per heavy atom. The molecular weight excluding hydrogens is 358 g/mol. The summed E-state index contributed by atoms with van der Waals surface area (Å²) in [5, 5.41) is 23.8. The average Bonchev–Trinajstić information content (AvgIpc) is 3.16. The molecule has 1 aliphatic rings. The highest BCUT2D eigenvalue weighted by Gasteiger charge is 2.31. The second-order valence-corrected chi connectivity index (χ2v) is 7.46. The monoisotopic (exact) mass is 387 g/mol. The normalized spacial score (nSPS) is 22.2. The molecule has 1 aliphatic heterocycles. The van der Waals surface area contributed by atoms with Crippen LogP contribution < -0.4 is 10.6 Å². The SMILES string of the molecule is CC(C)NC(=O)N[C@H]1CC[C@@H](CCn2cc(-c3ccccc3)nn2)O[C@@H]1CO. The number of aliphatic hydroxyl groups excluding tert-OH is 1. The summed E-state index contributed by atoms with van der Waals surface area (Å²) in [4.78, 5) is 11.9. The van der Waals surface area contributed by atoms with Crippen LogP contribution in [0.25, 0.3) is 11.3 Å². The Bertz CT molecular complexity index is 749. The van der Waals surface area contributed by atoms with Crippen LogP contribution in [-0.2, 0) is 11.3 Å². The van der Waals surface area contributed by atoms with Crippen molar-refractivity contribution >= 4 is 6.03 Å². The van der Waals surface area contributed by atoms with E-state index in [-0.39, 0.29) is 30.8 Å². The molecule has 3 N–H and O–H groups in total. The minimum atomic E-state index is -0.396. The number of amides is 2. The van der Waals surface area contributed by atoms with Gasteiger partial charge < -0.3 is 20.5 Å². The molecule has 8 heteroatoms. The molecule has 0 bridgehead atoms. The van der Waals surface area contributed by atoms with Gasteiger partial charge in [-0.25, -0.2) is 4.79 Å². The third-order valence-electron chi connectivity index (χ3n) is 4.82. The molecule has 3 atom stereocenters. The number of carbonyl (C=O) groups is 1. The van der Waals surface area contributed by atoms with Crippen LogP contribution in [-0.4, -0.2) is 57.0 Å². The van der Waals surface area contributed by atoms with Gasteiger partial charge in [-0.2, -0.15) is 0 Å². The van der Waals surface area contributed by atoms with E-state index in [2.05, 4.69) is 20.9 Å². The minimum Gasteiger partial charge on any atom is -0.394 e. The smallest absolute Gasteiger partial charge is 0.315 e. The van der Waals surface area contributed by atoms with E-state index in [1.807, 2.05) is 55.1 Å². The predicted molar refractivity (Wildman–Crippen MR) is 106 cm³/mol. The van der Waals surface area contributed by atoms with Gasteiger partial charge in [0.15, 0.2) is 0 Å². The van der Waals surface area contributed by atoms with Crippen molar-refractivity contribution in [2.75, 3.05) is 6.61 Å². The van der Waals surface area contributed by atoms with Crippen LogP contribution in [0.1, 0.15) is 33.1 Å². The summed E-state index contributed by atoms with van der Waals surface area (Å²) in [5.74, 6) is 0. The lowest BCUT2D eigenvalue weighted by Crippen LogP contribution is -2.54. The van der Waals surface area contributed by atoms with Gasteiger partial charge in [0.25, 0.3) is 0 Å². The van der Waals surface area contributed by atoms with E-state index in [0.29, 0.717) is 6.54 Å². The highest BCUT2D eigenvalue weighted by molar-refractivity contribution is 5.74. The van der Waals surface area contributed by atoms with Crippen LogP contribution in [0.3, 0.4) is 0 Å². The van der Waals surface area contributed by atoms with E-state index >= 15 is 0 Å². The van der Waals surface area contributed by atoms with E-state index in [1.165, 1.54) is 0 Å². The van der Waals surface area contributed by atoms with Crippen LogP contribution in [0.5, 0.6) is 0 Å². The van der Waals surface area contributed by atoms with Crippen LogP contribution in [0.2, 0.25) is 0 Å². The topological polar surface area (TPSA) is 101 Å². The number of nitrogens with one attached hydrogen (secondary N) is 2. The third kappa shape index (κ3) is 5.53. The molecule has 3 rings (SSSR count). The van der Waals surface area contributed by atoms with E-state index < -0.39 is 6.10 Å². The molecule has 2 amide bonds. The molecule has 1 aromatic carbocycles. The van der Waals surface area contributed by atoms with Gasteiger partial charge in [-0.3, -0.25) is 4.68 Å². The summed E-state index contributed by atoms with van der Waals surface area (Å²) in [6.45, 7) is 4.38. The molecule has 2 aromatic rings. The van der Waals surface area contributed by atoms with E-state index in [4.69, 9.17) is 4.74 Å². The zero-order valence-electron chi connectivity index (χ0n) is 16.4. The van der Waals surface area contributed by atoms with E-state index in [1.54, 1.807) is 0 Å². The quantitative estimate of drug-likeness (QED) is 0.674. The van der Waals surface area contributed by atoms with Crippen LogP contribution in [0, 0.1) is 0 Å². The van der Waals surface area contributed by atoms with Crippen molar-refractivity contribution in [1.82, 2.24) is 25.6 Å². The molecule has 0 radical (unpaired) electrons. The highest BCUT2D eigenvalue weighted by Crippen LogP contribution is 2.23. The Morgan fingerprint density at radius 3 is 2.82 bits per heavy atom. The molecular formula is C20H29N5O3. The molecule has 0 spiro atoms. The fourth-order valence-corrected chi connectivity index (χ4v) is 3.41. The van der Waals surface area contributed by atoms with Gasteiger partial charge in [-0.1, -0.05) is 35.5 Å². The molecule has 8 nitrogen and oxygen atoms in total. The first-order valence-electron chi connectivity index (χ1n) is 9.84. The predicted octanol–water partition coefficient (Wildman–Crippen LogP) is 1.95. The van der Waals surface area contributed by atoms with Crippen LogP contribution in [0.15, 0.2) is 36.5 Å². The number of rotatable bonds is 7. The number of urea groups is 1. The number of benzene rings is 1. The maximum Gasteiger partial charge on any atom is 0.315 e. The van der Waals surface area contributed by atoms with Gasteiger partial charge in [-0.05, 0) is 33.1 Å². The zero-order valence-corrected chi connectivity index (χ0v) is 16.4. The molecule has 28 heavy (non-hydrogen) atoms. The van der Waals surface area contributed by atoms with Crippen LogP contribution >= 0.6 is 0 Å². The van der Waals surface area contributed by atoms with Gasteiger partial charge in [0.2, 0.25) is 0 Å². The molecule has 1 aromatic heterocycles. The summed E-state index contributed by atoms with van der Waals surface area (Å²) in [7, 11) is 0. The first-order valence-corrected chi connectivity index (χ1v) is 9.84. The number of nitrogens with zero attached hydrogens (tertiary/aromatic N) is 3. The van der Waals surface area contributed by atoms with Crippen LogP contribution in [0.4, 0.5) is 4.79 Å². The Balaban J connectivity index is 1.49. The van der Waals surface area contributed by atoms with Crippen molar-refractivity contribution in [3.63, 3.8) is 0 Å². The number of aliphatic hydroxyl groups is 1. The summed E-state index contributed by atoms with van der Waals surface area (Å²) < 4.78 is 7.83. The highest BCUT2D eigenvalue weighted by atomic mass is 16.5. The van der Waals surface area contributed by atoms with Gasteiger partial charge in [0, 0.05) is 18.2 Å². The Hall–Kier alpha value is -2.45. The number of carbonyl (C=O) groups excluding carboxylic acids is 1. The molecule has 1 saturated heterocycles. The third-order valence-corrected chi connectivity index (χ3v) is 4.82. The molecule has 1 fully saturated rings. The second kappa shape index (κ2) is 9.66. The minimum absolute atomic E-state index is 0.0211. The van der Waals surface area contributed by atoms with Crippen molar-refractivity contribution in [2.24, 2.45) is 0 Å². The second-order valence-electron chi connectivity index (χ2n) is 7.46. The van der Waals surface area contributed by atoms with Crippen molar-refractivity contribution in [3.05, 3.63) is 36.5 Å². The van der Waals surface area contributed by atoms with Gasteiger partial charge in [0.1, 0.15) is 11.8 Å². The number of hydrogen-bond donors (Lipinski definition) is 3. The molecule has 2 heterocycles. The first kappa shape index (κ1) is 20.3. The van der Waals surface area contributed by atoms with Gasteiger partial charge in [0.05, 0.1) is 24.9 Å². The lowest BCUT2D eigenvalue weighted by Gasteiger charge is -2.36. The molecule has 0 aliphatic carbocycles. The van der Waals surface area contributed by atoms with Gasteiger partial charge in [-0.15, -0.1) is 5.10 Å². The molecule has 0 unspecified atom stereocenters. The summed E-state index contributed by atoms with van der Waals surface area (Å²) in [5.41, 5.74) is 1.88. The van der Waals surface area contributed by atoms with Crippen molar-refractivity contribution in [1.29, 1.82) is 0 Å². The zero-order chi connectivity index (χ0) is 19.9. The fourth-order valence-electron chi connectivity index (χ4n) is 3.41. The average molecular weight is 387 g/mol. The molecule has 152 valence electrons. The number of aryl methyl sites for hydroxylation is 1. The maximum absolute atomic E-state index is 11.9. The first-order chi connectivity index (χ1) is 13.5. The summed E-state index contributed by atoms with van der Waals surface area (Å²) in [6, 6.07) is 9.59. The Labute approximate surface area is 165 Å². The fraction of sp³-hybridized carbons (Fsp3) is 0.550. The van der Waals surface area contributed by atoms with Crippen molar-refractivity contribution in [2.45, 2.75) is 63.9 Å². The number of hydrogen-bond acceptors (Lipinski definition) is 5. The summed E-state index contributed by atoms with van der Waals surface area (Å²) in [6.07, 6.45) is 3.93. The maximum atomic E-state index is 11.9. The number of aromatic nitrogens is 3. The summed E-state index contributed by atoms with van der Waals surface area (Å²) >= 11 is 0. The van der Waals surface area contributed by atoms with Crippen molar-refractivity contribution < 1.29 is 14.6 Å². The number of ether oxygens (including phenoxy) is 1. The van der Waals surface area contributed by atoms with Crippen molar-refractivity contribution in [3.8, 4) is 11.3 Å². The molecule has 0 saturated carbocycles. The Kier molecular flexibility index (Phi) is 7.00. The van der Waals surface area contributed by atoms with Gasteiger partial charge >= 0.3 is 6.03 Å². The van der Waals surface area contributed by atoms with E-state index in [0.717, 1.165) is 30.5 Å². The lowest BCUT2D eigenvalue weighted by atomic mass is 9.97. The Morgan fingerprint density at radius 2 is 2.11 bits per heavy atom. The lowest BCUT2D eigenvalue weighted by molar-refractivity contribution is -0.0908. The standard InChI is InChI=1S/C20H29N5O3/c1-14(2)21-20(27)22-17-9-8-16(28-19(17)13-26)10-11-25-12-18(23-24-25)15-6-4-3-5-7-15/h3-7,12,14,16-17,19,26H,8-11,13H2,1-2H3,(H2,21,22,27)/t16-,17-,19+/m0/s1. The largest absolute Gasteiger partial charge is 0.394 e. The van der Waals surface area contributed by atoms with E-state index in [9.17, 15) is 9.90 Å².